The monoisotopic (exact) mass is 257 g/mol. The van der Waals surface area contributed by atoms with Crippen LogP contribution in [-0.4, -0.2) is 22.0 Å². The molecule has 0 bridgehead atoms. The van der Waals surface area contributed by atoms with Crippen LogP contribution in [0.25, 0.3) is 0 Å². The molecule has 1 N–H and O–H groups in total. The lowest BCUT2D eigenvalue weighted by Crippen LogP contribution is -2.31. The molecule has 0 saturated heterocycles. The maximum absolute atomic E-state index is 11.8. The van der Waals surface area contributed by atoms with E-state index in [-0.39, 0.29) is 11.5 Å². The molecule has 0 fully saturated rings. The number of aryl methyl sites for hydroxylation is 1. The first-order chi connectivity index (χ1) is 9.18. The van der Waals surface area contributed by atoms with E-state index in [2.05, 4.69) is 10.3 Å². The number of rotatable bonds is 4. The van der Waals surface area contributed by atoms with E-state index in [9.17, 15) is 9.59 Å². The molecule has 1 heterocycles. The Labute approximate surface area is 110 Å². The van der Waals surface area contributed by atoms with Gasteiger partial charge in [-0.3, -0.25) is 14.2 Å². The highest BCUT2D eigenvalue weighted by atomic mass is 16.1. The number of nitrogens with one attached hydrogen (secondary N) is 1. The smallest absolute Gasteiger partial charge is 0.256 e. The second-order valence-electron chi connectivity index (χ2n) is 4.20. The van der Waals surface area contributed by atoms with Crippen LogP contribution in [0.5, 0.6) is 0 Å². The zero-order valence-corrected chi connectivity index (χ0v) is 10.7. The first-order valence-corrected chi connectivity index (χ1v) is 6.03. The third-order valence-corrected chi connectivity index (χ3v) is 2.75. The molecule has 0 aliphatic heterocycles. The van der Waals surface area contributed by atoms with Crippen molar-refractivity contribution in [1.29, 1.82) is 0 Å². The zero-order chi connectivity index (χ0) is 13.7. The third-order valence-electron chi connectivity index (χ3n) is 2.75. The molecular weight excluding hydrogens is 242 g/mol. The van der Waals surface area contributed by atoms with Crippen LogP contribution in [0.4, 0.5) is 0 Å². The number of hydrogen-bond donors (Lipinski definition) is 1. The molecule has 0 aliphatic carbocycles. The van der Waals surface area contributed by atoms with Crippen LogP contribution in [0.3, 0.4) is 0 Å². The van der Waals surface area contributed by atoms with Crippen LogP contribution in [-0.2, 0) is 6.54 Å². The Morgan fingerprint density at radius 3 is 2.79 bits per heavy atom. The van der Waals surface area contributed by atoms with Gasteiger partial charge < -0.3 is 5.32 Å². The van der Waals surface area contributed by atoms with E-state index in [4.69, 9.17) is 0 Å². The number of benzene rings is 1. The number of nitrogens with zero attached hydrogens (tertiary/aromatic N) is 2. The summed E-state index contributed by atoms with van der Waals surface area (Å²) >= 11 is 0. The van der Waals surface area contributed by atoms with Gasteiger partial charge in [-0.25, -0.2) is 4.98 Å². The molecule has 5 heteroatoms. The molecule has 0 saturated carbocycles. The average Bonchev–Trinajstić information content (AvgIpc) is 2.44. The molecule has 1 amide bonds. The molecule has 0 aliphatic rings. The Kier molecular flexibility index (Phi) is 4.07. The van der Waals surface area contributed by atoms with Crippen molar-refractivity contribution in [2.24, 2.45) is 0 Å². The Balaban J connectivity index is 1.92. The molecule has 0 spiro atoms. The molecule has 0 unspecified atom stereocenters. The lowest BCUT2D eigenvalue weighted by atomic mass is 10.2. The lowest BCUT2D eigenvalue weighted by Gasteiger charge is -2.07. The second kappa shape index (κ2) is 5.95. The standard InChI is InChI=1S/C14H15N3O2/c1-11-9-15-10-17(14(11)19)8-7-16-13(18)12-5-3-2-4-6-12/h2-6,9-10H,7-8H2,1H3,(H,16,18). The Morgan fingerprint density at radius 1 is 1.32 bits per heavy atom. The highest BCUT2D eigenvalue weighted by molar-refractivity contribution is 5.94. The van der Waals surface area contributed by atoms with Gasteiger partial charge in [0.2, 0.25) is 0 Å². The van der Waals surface area contributed by atoms with Crippen molar-refractivity contribution in [3.05, 3.63) is 64.3 Å². The number of carbonyl (C=O) groups excluding carboxylic acids is 1. The van der Waals surface area contributed by atoms with Crippen LogP contribution in [0.15, 0.2) is 47.7 Å². The van der Waals surface area contributed by atoms with Crippen molar-refractivity contribution in [2.75, 3.05) is 6.54 Å². The summed E-state index contributed by atoms with van der Waals surface area (Å²) in [6.07, 6.45) is 3.01. The summed E-state index contributed by atoms with van der Waals surface area (Å²) in [5.74, 6) is -0.144. The van der Waals surface area contributed by atoms with E-state index in [0.717, 1.165) is 0 Å². The number of hydrogen-bond acceptors (Lipinski definition) is 3. The van der Waals surface area contributed by atoms with Gasteiger partial charge >= 0.3 is 0 Å². The van der Waals surface area contributed by atoms with Crippen molar-refractivity contribution in [2.45, 2.75) is 13.5 Å². The van der Waals surface area contributed by atoms with E-state index < -0.39 is 0 Å². The molecule has 1 aromatic heterocycles. The van der Waals surface area contributed by atoms with Gasteiger partial charge in [-0.2, -0.15) is 0 Å². The highest BCUT2D eigenvalue weighted by Crippen LogP contribution is 1.97. The average molecular weight is 257 g/mol. The summed E-state index contributed by atoms with van der Waals surface area (Å²) in [6.45, 7) is 2.51. The van der Waals surface area contributed by atoms with Gasteiger partial charge in [-0.1, -0.05) is 18.2 Å². The summed E-state index contributed by atoms with van der Waals surface area (Å²) < 4.78 is 1.49. The van der Waals surface area contributed by atoms with Crippen molar-refractivity contribution < 1.29 is 4.79 Å². The van der Waals surface area contributed by atoms with Crippen LogP contribution < -0.4 is 10.9 Å². The molecule has 0 atom stereocenters. The minimum absolute atomic E-state index is 0.0797. The molecule has 98 valence electrons. The number of amides is 1. The molecule has 1 aromatic carbocycles. The summed E-state index contributed by atoms with van der Waals surface area (Å²) in [7, 11) is 0. The van der Waals surface area contributed by atoms with Gasteiger partial charge in [-0.05, 0) is 19.1 Å². The molecular formula is C14H15N3O2. The van der Waals surface area contributed by atoms with Gasteiger partial charge in [0.1, 0.15) is 0 Å². The minimum Gasteiger partial charge on any atom is -0.350 e. The number of aromatic nitrogens is 2. The summed E-state index contributed by atoms with van der Waals surface area (Å²) in [5, 5.41) is 2.77. The number of carbonyl (C=O) groups is 1. The predicted molar refractivity (Wildman–Crippen MR) is 72.0 cm³/mol. The van der Waals surface area contributed by atoms with Crippen LogP contribution in [0.1, 0.15) is 15.9 Å². The third kappa shape index (κ3) is 3.28. The SMILES string of the molecule is Cc1cncn(CCNC(=O)c2ccccc2)c1=O. The van der Waals surface area contributed by atoms with Crippen LogP contribution in [0.2, 0.25) is 0 Å². The Morgan fingerprint density at radius 2 is 2.05 bits per heavy atom. The van der Waals surface area contributed by atoms with Crippen molar-refractivity contribution in [3.8, 4) is 0 Å². The van der Waals surface area contributed by atoms with Crippen molar-refractivity contribution in [3.63, 3.8) is 0 Å². The molecule has 5 nitrogen and oxygen atoms in total. The lowest BCUT2D eigenvalue weighted by molar-refractivity contribution is 0.0952. The zero-order valence-electron chi connectivity index (χ0n) is 10.7. The fourth-order valence-electron chi connectivity index (χ4n) is 1.70. The Hall–Kier alpha value is -2.43. The topological polar surface area (TPSA) is 64.0 Å². The first-order valence-electron chi connectivity index (χ1n) is 6.03. The van der Waals surface area contributed by atoms with Gasteiger partial charge in [0.05, 0.1) is 6.33 Å². The van der Waals surface area contributed by atoms with Crippen LogP contribution >= 0.6 is 0 Å². The van der Waals surface area contributed by atoms with Crippen LogP contribution in [0, 0.1) is 6.92 Å². The fourth-order valence-corrected chi connectivity index (χ4v) is 1.70. The molecule has 2 aromatic rings. The van der Waals surface area contributed by atoms with E-state index >= 15 is 0 Å². The molecule has 0 radical (unpaired) electrons. The van der Waals surface area contributed by atoms with Crippen molar-refractivity contribution in [1.82, 2.24) is 14.9 Å². The van der Waals surface area contributed by atoms with E-state index in [1.165, 1.54) is 17.1 Å². The van der Waals surface area contributed by atoms with Crippen molar-refractivity contribution >= 4 is 5.91 Å². The Bertz CT molecular complexity index is 620. The first kappa shape index (κ1) is 13.0. The minimum atomic E-state index is -0.144. The van der Waals surface area contributed by atoms with Gasteiger partial charge in [-0.15, -0.1) is 0 Å². The summed E-state index contributed by atoms with van der Waals surface area (Å²) in [4.78, 5) is 27.4. The van der Waals surface area contributed by atoms with Gasteiger partial charge in [0, 0.05) is 30.4 Å². The normalized spacial score (nSPS) is 10.2. The summed E-state index contributed by atoms with van der Waals surface area (Å²) in [6, 6.07) is 8.97. The fraction of sp³-hybridized carbons (Fsp3) is 0.214. The maximum atomic E-state index is 11.8. The van der Waals surface area contributed by atoms with E-state index in [1.807, 2.05) is 18.2 Å². The summed E-state index contributed by atoms with van der Waals surface area (Å²) in [5.41, 5.74) is 1.12. The second-order valence-corrected chi connectivity index (χ2v) is 4.20. The highest BCUT2D eigenvalue weighted by Gasteiger charge is 2.04. The van der Waals surface area contributed by atoms with E-state index in [1.54, 1.807) is 19.1 Å². The maximum Gasteiger partial charge on any atom is 0.256 e. The van der Waals surface area contributed by atoms with Gasteiger partial charge in [0.25, 0.3) is 11.5 Å². The molecule has 2 rings (SSSR count). The largest absolute Gasteiger partial charge is 0.350 e. The molecule has 19 heavy (non-hydrogen) atoms. The predicted octanol–water partition coefficient (Wildman–Crippen LogP) is 0.982. The quantitative estimate of drug-likeness (QED) is 0.888. The van der Waals surface area contributed by atoms with Gasteiger partial charge in [0.15, 0.2) is 0 Å². The van der Waals surface area contributed by atoms with E-state index in [0.29, 0.717) is 24.2 Å².